The van der Waals surface area contributed by atoms with E-state index < -0.39 is 11.9 Å². The van der Waals surface area contributed by atoms with Crippen LogP contribution in [0.4, 0.5) is 0 Å². The molecule has 1 N–H and O–H groups in total. The van der Waals surface area contributed by atoms with Gasteiger partial charge in [-0.3, -0.25) is 4.79 Å². The first-order valence-corrected chi connectivity index (χ1v) is 6.18. The van der Waals surface area contributed by atoms with Crippen LogP contribution in [-0.2, 0) is 4.79 Å². The summed E-state index contributed by atoms with van der Waals surface area (Å²) >= 11 is 0.857. The number of ether oxygens (including phenoxy) is 1. The molecule has 1 aromatic carbocycles. The number of rotatable bonds is 5. The van der Waals surface area contributed by atoms with Gasteiger partial charge in [0.15, 0.2) is 5.95 Å². The Hall–Kier alpha value is -2.22. The number of benzene rings is 1. The molecule has 0 bridgehead atoms. The van der Waals surface area contributed by atoms with Crippen molar-refractivity contribution in [2.45, 2.75) is 5.03 Å². The first kappa shape index (κ1) is 13.2. The highest BCUT2D eigenvalue weighted by Crippen LogP contribution is 2.23. The fraction of sp³-hybridized carbons (Fsp3) is 0.182. The van der Waals surface area contributed by atoms with E-state index >= 15 is 0 Å². The zero-order valence-corrected chi connectivity index (χ0v) is 10.7. The van der Waals surface area contributed by atoms with Crippen LogP contribution in [0.15, 0.2) is 33.8 Å². The second-order valence-corrected chi connectivity index (χ2v) is 4.42. The highest BCUT2D eigenvalue weighted by atomic mass is 32.2. The number of hydrogen-bond acceptors (Lipinski definition) is 6. The Morgan fingerprint density at radius 2 is 2.21 bits per heavy atom. The van der Waals surface area contributed by atoms with Gasteiger partial charge in [0.1, 0.15) is 11.5 Å². The first-order valence-electron chi connectivity index (χ1n) is 5.20. The Bertz CT molecular complexity index is 581. The van der Waals surface area contributed by atoms with Crippen molar-refractivity contribution in [3.8, 4) is 17.4 Å². The molecule has 1 heterocycles. The van der Waals surface area contributed by atoms with Gasteiger partial charge in [-0.2, -0.15) is 0 Å². The maximum atomic E-state index is 11.5. The lowest BCUT2D eigenvalue weighted by Crippen LogP contribution is -2.34. The van der Waals surface area contributed by atoms with E-state index in [1.165, 1.54) is 4.68 Å². The SMILES string of the molecule is COc1ccc(-[n+]2noc([O-])c2SCC(=O)O)cc1. The summed E-state index contributed by atoms with van der Waals surface area (Å²) in [6.45, 7) is 0. The van der Waals surface area contributed by atoms with Crippen LogP contribution < -0.4 is 14.5 Å². The summed E-state index contributed by atoms with van der Waals surface area (Å²) < 4.78 is 10.8. The molecular formula is C11H10N2O5S. The summed E-state index contributed by atoms with van der Waals surface area (Å²) in [4.78, 5) is 10.5. The summed E-state index contributed by atoms with van der Waals surface area (Å²) in [6.07, 6.45) is 0. The van der Waals surface area contributed by atoms with Crippen LogP contribution >= 0.6 is 11.8 Å². The number of aliphatic carboxylic acids is 1. The van der Waals surface area contributed by atoms with Crippen molar-refractivity contribution in [2.24, 2.45) is 0 Å². The highest BCUT2D eigenvalue weighted by Gasteiger charge is 2.21. The predicted octanol–water partition coefficient (Wildman–Crippen LogP) is 0.210. The molecule has 0 saturated heterocycles. The van der Waals surface area contributed by atoms with Gasteiger partial charge in [0.2, 0.25) is 5.69 Å². The number of carboxylic acids is 1. The van der Waals surface area contributed by atoms with Crippen LogP contribution in [0.1, 0.15) is 0 Å². The van der Waals surface area contributed by atoms with E-state index in [2.05, 4.69) is 9.79 Å². The Morgan fingerprint density at radius 1 is 1.53 bits per heavy atom. The molecular weight excluding hydrogens is 272 g/mol. The molecule has 1 aromatic heterocycles. The molecule has 8 heteroatoms. The number of hydrogen-bond donors (Lipinski definition) is 1. The van der Waals surface area contributed by atoms with E-state index in [4.69, 9.17) is 9.84 Å². The lowest BCUT2D eigenvalue weighted by atomic mass is 10.3. The first-order chi connectivity index (χ1) is 9.11. The number of methoxy groups -OCH3 is 1. The van der Waals surface area contributed by atoms with Crippen molar-refractivity contribution < 1.29 is 28.9 Å². The second kappa shape index (κ2) is 5.61. The zero-order chi connectivity index (χ0) is 13.8. The summed E-state index contributed by atoms with van der Waals surface area (Å²) in [6, 6.07) is 6.78. The average Bonchev–Trinajstić information content (AvgIpc) is 2.78. The molecule has 0 spiro atoms. The average molecular weight is 282 g/mol. The van der Waals surface area contributed by atoms with Gasteiger partial charge in [0.05, 0.1) is 12.4 Å². The summed E-state index contributed by atoms with van der Waals surface area (Å²) in [7, 11) is 1.54. The molecule has 0 aliphatic carbocycles. The fourth-order valence-electron chi connectivity index (χ4n) is 1.38. The van der Waals surface area contributed by atoms with Crippen LogP contribution in [0.2, 0.25) is 0 Å². The Balaban J connectivity index is 2.30. The van der Waals surface area contributed by atoms with Crippen LogP contribution in [-0.4, -0.2) is 29.2 Å². The van der Waals surface area contributed by atoms with Gasteiger partial charge in [-0.15, -0.1) is 0 Å². The lowest BCUT2D eigenvalue weighted by Gasteiger charge is -1.98. The molecule has 2 aromatic rings. The molecule has 7 nitrogen and oxygen atoms in total. The van der Waals surface area contributed by atoms with Crippen LogP contribution in [0, 0.1) is 0 Å². The molecule has 0 fully saturated rings. The topological polar surface area (TPSA) is 99.5 Å². The number of carbonyl (C=O) groups is 1. The summed E-state index contributed by atoms with van der Waals surface area (Å²) in [5, 5.41) is 23.8. The molecule has 2 rings (SSSR count). The minimum Gasteiger partial charge on any atom is -0.538 e. The third-order valence-electron chi connectivity index (χ3n) is 2.22. The summed E-state index contributed by atoms with van der Waals surface area (Å²) in [5.41, 5.74) is 0.583. The van der Waals surface area contributed by atoms with Crippen molar-refractivity contribution in [2.75, 3.05) is 12.9 Å². The lowest BCUT2D eigenvalue weighted by molar-refractivity contribution is -0.705. The molecule has 0 radical (unpaired) electrons. The molecule has 100 valence electrons. The van der Waals surface area contributed by atoms with Crippen molar-refractivity contribution >= 4 is 17.7 Å². The third-order valence-corrected chi connectivity index (χ3v) is 3.23. The third kappa shape index (κ3) is 2.97. The fourth-order valence-corrected chi connectivity index (χ4v) is 2.05. The molecule has 0 saturated carbocycles. The van der Waals surface area contributed by atoms with E-state index in [-0.39, 0.29) is 10.8 Å². The van der Waals surface area contributed by atoms with E-state index in [1.807, 2.05) is 0 Å². The van der Waals surface area contributed by atoms with Crippen LogP contribution in [0.25, 0.3) is 5.69 Å². The van der Waals surface area contributed by atoms with Gasteiger partial charge in [-0.1, -0.05) is 0 Å². The second-order valence-electron chi connectivity index (χ2n) is 3.46. The number of nitrogens with zero attached hydrogens (tertiary/aromatic N) is 2. The van der Waals surface area contributed by atoms with E-state index in [1.54, 1.807) is 31.4 Å². The molecule has 0 unspecified atom stereocenters. The monoisotopic (exact) mass is 282 g/mol. The van der Waals surface area contributed by atoms with E-state index in [0.29, 0.717) is 11.4 Å². The Kier molecular flexibility index (Phi) is 3.91. The normalized spacial score (nSPS) is 10.4. The molecule has 0 amide bonds. The van der Waals surface area contributed by atoms with Gasteiger partial charge in [-0.25, -0.2) is 0 Å². The highest BCUT2D eigenvalue weighted by molar-refractivity contribution is 7.99. The Morgan fingerprint density at radius 3 is 2.79 bits per heavy atom. The van der Waals surface area contributed by atoms with Crippen LogP contribution in [0.5, 0.6) is 11.7 Å². The van der Waals surface area contributed by atoms with Gasteiger partial charge in [0, 0.05) is 12.1 Å². The van der Waals surface area contributed by atoms with Crippen molar-refractivity contribution in [3.05, 3.63) is 24.3 Å². The number of carboxylic acid groups (broad SMARTS) is 1. The maximum absolute atomic E-state index is 11.5. The van der Waals surface area contributed by atoms with Gasteiger partial charge >= 0.3 is 5.97 Å². The van der Waals surface area contributed by atoms with Crippen molar-refractivity contribution in [3.63, 3.8) is 0 Å². The van der Waals surface area contributed by atoms with Gasteiger partial charge in [-0.05, 0) is 28.6 Å². The standard InChI is InChI=1S/C11H10N2O5S/c1-17-8-4-2-7(3-5-8)13-10(11(16)18-12-13)19-6-9(14)15/h2-5H,6H2,1H3,(H-,12,14,15,16). The van der Waals surface area contributed by atoms with Gasteiger partial charge in [0.25, 0.3) is 5.03 Å². The number of thioether (sulfide) groups is 1. The molecule has 0 aliphatic rings. The molecule has 0 aliphatic heterocycles. The summed E-state index contributed by atoms with van der Waals surface area (Å²) in [5.74, 6) is -1.27. The minimum atomic E-state index is -1.02. The van der Waals surface area contributed by atoms with E-state index in [9.17, 15) is 9.90 Å². The van der Waals surface area contributed by atoms with Crippen molar-refractivity contribution in [1.29, 1.82) is 0 Å². The number of aromatic nitrogens is 2. The smallest absolute Gasteiger partial charge is 0.314 e. The Labute approximate surface area is 112 Å². The zero-order valence-electron chi connectivity index (χ0n) is 9.90. The largest absolute Gasteiger partial charge is 0.538 e. The van der Waals surface area contributed by atoms with E-state index in [0.717, 1.165) is 11.8 Å². The minimum absolute atomic E-state index is 0.118. The molecule has 19 heavy (non-hydrogen) atoms. The van der Waals surface area contributed by atoms with Crippen molar-refractivity contribution in [1.82, 2.24) is 5.27 Å². The molecule has 0 atom stereocenters. The maximum Gasteiger partial charge on any atom is 0.314 e. The van der Waals surface area contributed by atoms with Crippen LogP contribution in [0.3, 0.4) is 0 Å². The van der Waals surface area contributed by atoms with Gasteiger partial charge < -0.3 is 19.5 Å². The predicted molar refractivity (Wildman–Crippen MR) is 62.4 cm³/mol. The quantitative estimate of drug-likeness (QED) is 0.618.